The van der Waals surface area contributed by atoms with Gasteiger partial charge in [-0.2, -0.15) is 0 Å². The molecule has 0 radical (unpaired) electrons. The SMILES string of the molecule is CCCC(C)(N)C(=O)NC(c1ccccc1)C(CC)CC. The zero-order valence-electron chi connectivity index (χ0n) is 13.9. The second-order valence-corrected chi connectivity index (χ2v) is 6.11. The number of benzene rings is 1. The lowest BCUT2D eigenvalue weighted by Crippen LogP contribution is -2.53. The van der Waals surface area contributed by atoms with Crippen molar-refractivity contribution in [1.82, 2.24) is 5.32 Å². The van der Waals surface area contributed by atoms with Crippen molar-refractivity contribution < 1.29 is 4.79 Å². The quantitative estimate of drug-likeness (QED) is 0.765. The maximum Gasteiger partial charge on any atom is 0.240 e. The van der Waals surface area contributed by atoms with E-state index in [4.69, 9.17) is 5.73 Å². The van der Waals surface area contributed by atoms with Gasteiger partial charge in [-0.25, -0.2) is 0 Å². The third-order valence-electron chi connectivity index (χ3n) is 4.25. The van der Waals surface area contributed by atoms with E-state index < -0.39 is 5.54 Å². The first-order chi connectivity index (χ1) is 9.96. The lowest BCUT2D eigenvalue weighted by molar-refractivity contribution is -0.127. The molecule has 0 aromatic heterocycles. The summed E-state index contributed by atoms with van der Waals surface area (Å²) in [6.45, 7) is 8.21. The van der Waals surface area contributed by atoms with Crippen molar-refractivity contribution in [1.29, 1.82) is 0 Å². The summed E-state index contributed by atoms with van der Waals surface area (Å²) in [7, 11) is 0. The van der Waals surface area contributed by atoms with Crippen molar-refractivity contribution >= 4 is 5.91 Å². The summed E-state index contributed by atoms with van der Waals surface area (Å²) < 4.78 is 0. The number of hydrogen-bond donors (Lipinski definition) is 2. The molecule has 1 rings (SSSR count). The van der Waals surface area contributed by atoms with E-state index in [1.165, 1.54) is 0 Å². The van der Waals surface area contributed by atoms with Crippen LogP contribution in [0.4, 0.5) is 0 Å². The van der Waals surface area contributed by atoms with Gasteiger partial charge in [0.2, 0.25) is 5.91 Å². The molecule has 21 heavy (non-hydrogen) atoms. The minimum atomic E-state index is -0.798. The maximum atomic E-state index is 12.5. The van der Waals surface area contributed by atoms with Crippen LogP contribution < -0.4 is 11.1 Å². The van der Waals surface area contributed by atoms with E-state index in [1.807, 2.05) is 32.0 Å². The van der Waals surface area contributed by atoms with Crippen molar-refractivity contribution in [2.24, 2.45) is 11.7 Å². The lowest BCUT2D eigenvalue weighted by atomic mass is 9.87. The van der Waals surface area contributed by atoms with Crippen molar-refractivity contribution in [2.75, 3.05) is 0 Å². The Kier molecular flexibility index (Phi) is 6.90. The van der Waals surface area contributed by atoms with Gasteiger partial charge in [0.15, 0.2) is 0 Å². The van der Waals surface area contributed by atoms with E-state index in [1.54, 1.807) is 0 Å². The van der Waals surface area contributed by atoms with Crippen LogP contribution in [0.25, 0.3) is 0 Å². The Morgan fingerprint density at radius 3 is 2.24 bits per heavy atom. The normalized spacial score (nSPS) is 15.5. The van der Waals surface area contributed by atoms with Gasteiger partial charge in [-0.3, -0.25) is 4.79 Å². The molecule has 2 atom stereocenters. The average Bonchev–Trinajstić information content (AvgIpc) is 2.48. The van der Waals surface area contributed by atoms with E-state index in [0.717, 1.165) is 24.8 Å². The van der Waals surface area contributed by atoms with Gasteiger partial charge in [0.1, 0.15) is 0 Å². The molecule has 0 heterocycles. The Labute approximate surface area is 129 Å². The zero-order valence-corrected chi connectivity index (χ0v) is 13.9. The molecule has 0 fully saturated rings. The molecule has 3 heteroatoms. The first-order valence-corrected chi connectivity index (χ1v) is 8.11. The minimum Gasteiger partial charge on any atom is -0.347 e. The van der Waals surface area contributed by atoms with Crippen LogP contribution in [-0.4, -0.2) is 11.4 Å². The van der Waals surface area contributed by atoms with Crippen LogP contribution in [0.1, 0.15) is 65.0 Å². The van der Waals surface area contributed by atoms with Crippen LogP contribution in [0.15, 0.2) is 30.3 Å². The van der Waals surface area contributed by atoms with Gasteiger partial charge in [-0.15, -0.1) is 0 Å². The van der Waals surface area contributed by atoms with Gasteiger partial charge in [0.25, 0.3) is 0 Å². The summed E-state index contributed by atoms with van der Waals surface area (Å²) in [5, 5.41) is 3.20. The van der Waals surface area contributed by atoms with Gasteiger partial charge >= 0.3 is 0 Å². The fraction of sp³-hybridized carbons (Fsp3) is 0.611. The highest BCUT2D eigenvalue weighted by Gasteiger charge is 2.31. The fourth-order valence-corrected chi connectivity index (χ4v) is 2.83. The van der Waals surface area contributed by atoms with Crippen LogP contribution in [-0.2, 0) is 4.79 Å². The summed E-state index contributed by atoms with van der Waals surface area (Å²) in [5.74, 6) is 0.374. The third-order valence-corrected chi connectivity index (χ3v) is 4.25. The minimum absolute atomic E-state index is 0.0356. The summed E-state index contributed by atoms with van der Waals surface area (Å²) in [6, 6.07) is 10.2. The predicted octanol–water partition coefficient (Wildman–Crippen LogP) is 3.80. The standard InChI is InChI=1S/C18H30N2O/c1-5-13-18(4,19)17(21)20-16(14(6-2)7-3)15-11-9-8-10-12-15/h8-12,14,16H,5-7,13,19H2,1-4H3,(H,20,21). The van der Waals surface area contributed by atoms with Crippen LogP contribution in [0.2, 0.25) is 0 Å². The first kappa shape index (κ1) is 17.7. The Morgan fingerprint density at radius 2 is 1.76 bits per heavy atom. The highest BCUT2D eigenvalue weighted by molar-refractivity contribution is 5.85. The first-order valence-electron chi connectivity index (χ1n) is 8.11. The molecule has 118 valence electrons. The number of carbonyl (C=O) groups excluding carboxylic acids is 1. The second-order valence-electron chi connectivity index (χ2n) is 6.11. The number of nitrogens with two attached hydrogens (primary N) is 1. The average molecular weight is 290 g/mol. The second kappa shape index (κ2) is 8.18. The Morgan fingerprint density at radius 1 is 1.19 bits per heavy atom. The Bertz CT molecular complexity index is 424. The highest BCUT2D eigenvalue weighted by atomic mass is 16.2. The molecule has 0 saturated carbocycles. The van der Waals surface area contributed by atoms with E-state index >= 15 is 0 Å². The van der Waals surface area contributed by atoms with Gasteiger partial charge in [-0.05, 0) is 24.8 Å². The molecule has 0 saturated heterocycles. The number of rotatable bonds is 8. The molecule has 0 bridgehead atoms. The summed E-state index contributed by atoms with van der Waals surface area (Å²) in [4.78, 5) is 12.5. The summed E-state index contributed by atoms with van der Waals surface area (Å²) >= 11 is 0. The summed E-state index contributed by atoms with van der Waals surface area (Å²) in [6.07, 6.45) is 3.67. The molecule has 0 aliphatic carbocycles. The molecular formula is C18H30N2O. The van der Waals surface area contributed by atoms with Gasteiger partial charge in [-0.1, -0.05) is 70.4 Å². The molecule has 2 unspecified atom stereocenters. The van der Waals surface area contributed by atoms with Crippen molar-refractivity contribution in [3.63, 3.8) is 0 Å². The summed E-state index contributed by atoms with van der Waals surface area (Å²) in [5.41, 5.74) is 6.53. The number of hydrogen-bond acceptors (Lipinski definition) is 2. The van der Waals surface area contributed by atoms with Crippen LogP contribution in [0.3, 0.4) is 0 Å². The van der Waals surface area contributed by atoms with Crippen molar-refractivity contribution in [3.05, 3.63) is 35.9 Å². The van der Waals surface area contributed by atoms with Crippen LogP contribution in [0.5, 0.6) is 0 Å². The topological polar surface area (TPSA) is 55.1 Å². The van der Waals surface area contributed by atoms with Crippen molar-refractivity contribution in [3.8, 4) is 0 Å². The monoisotopic (exact) mass is 290 g/mol. The largest absolute Gasteiger partial charge is 0.347 e. The Balaban J connectivity index is 2.96. The van der Waals surface area contributed by atoms with E-state index in [0.29, 0.717) is 12.3 Å². The Hall–Kier alpha value is -1.35. The van der Waals surface area contributed by atoms with E-state index in [9.17, 15) is 4.79 Å². The molecule has 3 nitrogen and oxygen atoms in total. The number of amides is 1. The molecule has 0 spiro atoms. The molecule has 0 aliphatic rings. The van der Waals surface area contributed by atoms with E-state index in [-0.39, 0.29) is 11.9 Å². The highest BCUT2D eigenvalue weighted by Crippen LogP contribution is 2.28. The molecule has 1 aromatic carbocycles. The predicted molar refractivity (Wildman–Crippen MR) is 88.9 cm³/mol. The van der Waals surface area contributed by atoms with Crippen LogP contribution >= 0.6 is 0 Å². The van der Waals surface area contributed by atoms with Gasteiger partial charge in [0.05, 0.1) is 11.6 Å². The smallest absolute Gasteiger partial charge is 0.240 e. The molecular weight excluding hydrogens is 260 g/mol. The fourth-order valence-electron chi connectivity index (χ4n) is 2.83. The molecule has 3 N–H and O–H groups in total. The molecule has 0 aliphatic heterocycles. The molecule has 1 aromatic rings. The maximum absolute atomic E-state index is 12.5. The van der Waals surface area contributed by atoms with Gasteiger partial charge in [0, 0.05) is 0 Å². The number of nitrogens with one attached hydrogen (secondary N) is 1. The van der Waals surface area contributed by atoms with E-state index in [2.05, 4.69) is 31.3 Å². The third kappa shape index (κ3) is 4.85. The number of carbonyl (C=O) groups is 1. The lowest BCUT2D eigenvalue weighted by Gasteiger charge is -2.31. The van der Waals surface area contributed by atoms with Crippen LogP contribution in [0, 0.1) is 5.92 Å². The zero-order chi connectivity index (χ0) is 15.9. The van der Waals surface area contributed by atoms with Crippen molar-refractivity contribution in [2.45, 2.75) is 65.0 Å². The molecule has 1 amide bonds. The van der Waals surface area contributed by atoms with Gasteiger partial charge < -0.3 is 11.1 Å².